The third-order valence-electron chi connectivity index (χ3n) is 4.35. The van der Waals surface area contributed by atoms with Crippen molar-refractivity contribution in [1.82, 2.24) is 19.9 Å². The van der Waals surface area contributed by atoms with Crippen LogP contribution in [0.25, 0.3) is 11.4 Å². The normalized spacial score (nSPS) is 13.3. The number of aromatic amines is 1. The van der Waals surface area contributed by atoms with Gasteiger partial charge in [0.05, 0.1) is 12.2 Å². The molecule has 2 N–H and O–H groups in total. The van der Waals surface area contributed by atoms with E-state index in [1.807, 2.05) is 30.3 Å². The molecule has 0 saturated carbocycles. The SMILES string of the molecule is CNc1nc(C(=O)N2CCc3c(nc(-c4ccccc4)[nH]c3=O)C2)cs1. The van der Waals surface area contributed by atoms with Crippen LogP contribution in [-0.4, -0.2) is 39.4 Å². The fraction of sp³-hybridized carbons (Fsp3) is 0.222. The maximum Gasteiger partial charge on any atom is 0.273 e. The van der Waals surface area contributed by atoms with E-state index in [0.29, 0.717) is 47.4 Å². The second kappa shape index (κ2) is 6.72. The summed E-state index contributed by atoms with van der Waals surface area (Å²) >= 11 is 1.39. The predicted octanol–water partition coefficient (Wildman–Crippen LogP) is 2.13. The molecular formula is C18H17N5O2S. The Bertz CT molecular complexity index is 1010. The summed E-state index contributed by atoms with van der Waals surface area (Å²) < 4.78 is 0. The lowest BCUT2D eigenvalue weighted by Crippen LogP contribution is -2.39. The van der Waals surface area contributed by atoms with Crippen LogP contribution in [0, 0.1) is 0 Å². The highest BCUT2D eigenvalue weighted by Crippen LogP contribution is 2.21. The van der Waals surface area contributed by atoms with Gasteiger partial charge in [-0.05, 0) is 6.42 Å². The number of carbonyl (C=O) groups is 1. The van der Waals surface area contributed by atoms with Crippen molar-refractivity contribution in [3.63, 3.8) is 0 Å². The van der Waals surface area contributed by atoms with E-state index in [2.05, 4.69) is 20.3 Å². The van der Waals surface area contributed by atoms with Crippen molar-refractivity contribution in [2.75, 3.05) is 18.9 Å². The lowest BCUT2D eigenvalue weighted by molar-refractivity contribution is 0.0726. The summed E-state index contributed by atoms with van der Waals surface area (Å²) in [6, 6.07) is 9.49. The first-order valence-electron chi connectivity index (χ1n) is 8.26. The summed E-state index contributed by atoms with van der Waals surface area (Å²) in [5.41, 5.74) is 2.43. The number of nitrogens with one attached hydrogen (secondary N) is 2. The number of hydrogen-bond acceptors (Lipinski definition) is 6. The average molecular weight is 367 g/mol. The average Bonchev–Trinajstić information content (AvgIpc) is 3.17. The molecule has 2 aromatic heterocycles. The molecule has 0 atom stereocenters. The van der Waals surface area contributed by atoms with Crippen LogP contribution < -0.4 is 10.9 Å². The summed E-state index contributed by atoms with van der Waals surface area (Å²) in [7, 11) is 1.77. The number of benzene rings is 1. The van der Waals surface area contributed by atoms with Crippen molar-refractivity contribution in [1.29, 1.82) is 0 Å². The predicted molar refractivity (Wildman–Crippen MR) is 100 cm³/mol. The van der Waals surface area contributed by atoms with Crippen LogP contribution >= 0.6 is 11.3 Å². The molecule has 3 heterocycles. The maximum atomic E-state index is 12.7. The maximum absolute atomic E-state index is 12.7. The van der Waals surface area contributed by atoms with E-state index in [0.717, 1.165) is 5.56 Å². The Labute approximate surface area is 153 Å². The third kappa shape index (κ3) is 2.99. The van der Waals surface area contributed by atoms with E-state index in [9.17, 15) is 9.59 Å². The van der Waals surface area contributed by atoms with Crippen molar-refractivity contribution < 1.29 is 4.79 Å². The molecule has 1 aromatic carbocycles. The minimum atomic E-state index is -0.142. The number of amides is 1. The quantitative estimate of drug-likeness (QED) is 0.740. The van der Waals surface area contributed by atoms with Crippen molar-refractivity contribution >= 4 is 22.4 Å². The summed E-state index contributed by atoms with van der Waals surface area (Å²) in [6.45, 7) is 0.790. The number of nitrogens with zero attached hydrogens (tertiary/aromatic N) is 3. The van der Waals surface area contributed by atoms with Gasteiger partial charge in [0.2, 0.25) is 0 Å². The van der Waals surface area contributed by atoms with Crippen LogP contribution in [0.2, 0.25) is 0 Å². The van der Waals surface area contributed by atoms with Crippen molar-refractivity contribution in [3.05, 3.63) is 63.0 Å². The Morgan fingerprint density at radius 3 is 2.81 bits per heavy atom. The molecule has 1 amide bonds. The van der Waals surface area contributed by atoms with Crippen LogP contribution in [0.3, 0.4) is 0 Å². The lowest BCUT2D eigenvalue weighted by Gasteiger charge is -2.27. The van der Waals surface area contributed by atoms with Gasteiger partial charge in [0.15, 0.2) is 5.13 Å². The second-order valence-corrected chi connectivity index (χ2v) is 6.83. The summed E-state index contributed by atoms with van der Waals surface area (Å²) in [5.74, 6) is 0.381. The molecule has 132 valence electrons. The fourth-order valence-corrected chi connectivity index (χ4v) is 3.64. The first kappa shape index (κ1) is 16.5. The number of aromatic nitrogens is 3. The molecule has 0 fully saturated rings. The number of carbonyl (C=O) groups excluding carboxylic acids is 1. The molecule has 0 spiro atoms. The van der Waals surface area contributed by atoms with Gasteiger partial charge in [-0.2, -0.15) is 0 Å². The molecule has 3 aromatic rings. The van der Waals surface area contributed by atoms with Gasteiger partial charge >= 0.3 is 0 Å². The Hall–Kier alpha value is -3.00. The minimum Gasteiger partial charge on any atom is -0.365 e. The Kier molecular flexibility index (Phi) is 4.26. The van der Waals surface area contributed by atoms with E-state index < -0.39 is 0 Å². The molecule has 1 aliphatic rings. The van der Waals surface area contributed by atoms with E-state index in [4.69, 9.17) is 0 Å². The number of thiazole rings is 1. The highest BCUT2D eigenvalue weighted by Gasteiger charge is 2.26. The summed E-state index contributed by atoms with van der Waals surface area (Å²) in [6.07, 6.45) is 0.488. The van der Waals surface area contributed by atoms with E-state index in [1.54, 1.807) is 17.3 Å². The van der Waals surface area contributed by atoms with Gasteiger partial charge < -0.3 is 15.2 Å². The van der Waals surface area contributed by atoms with Gasteiger partial charge in [-0.1, -0.05) is 30.3 Å². The molecule has 4 rings (SSSR count). The summed E-state index contributed by atoms with van der Waals surface area (Å²) in [4.78, 5) is 38.6. The fourth-order valence-electron chi connectivity index (χ4n) is 2.99. The molecule has 0 radical (unpaired) electrons. The molecule has 0 bridgehead atoms. The van der Waals surface area contributed by atoms with Crippen LogP contribution in [0.1, 0.15) is 21.7 Å². The largest absolute Gasteiger partial charge is 0.365 e. The van der Waals surface area contributed by atoms with E-state index >= 15 is 0 Å². The van der Waals surface area contributed by atoms with Gasteiger partial charge in [-0.15, -0.1) is 11.3 Å². The Morgan fingerprint density at radius 2 is 2.08 bits per heavy atom. The third-order valence-corrected chi connectivity index (χ3v) is 5.20. The molecule has 7 nitrogen and oxygen atoms in total. The number of H-pyrrole nitrogens is 1. The zero-order valence-corrected chi connectivity index (χ0v) is 15.0. The number of fused-ring (bicyclic) bond motifs is 1. The molecule has 26 heavy (non-hydrogen) atoms. The van der Waals surface area contributed by atoms with E-state index in [-0.39, 0.29) is 11.5 Å². The zero-order chi connectivity index (χ0) is 18.1. The highest BCUT2D eigenvalue weighted by atomic mass is 32.1. The molecule has 0 saturated heterocycles. The number of anilines is 1. The van der Waals surface area contributed by atoms with Crippen molar-refractivity contribution in [2.24, 2.45) is 0 Å². The zero-order valence-electron chi connectivity index (χ0n) is 14.2. The second-order valence-electron chi connectivity index (χ2n) is 5.97. The summed E-state index contributed by atoms with van der Waals surface area (Å²) in [5, 5.41) is 5.37. The standard InChI is InChI=1S/C18H17N5O2S/c1-19-18-21-14(10-26-18)17(25)23-8-7-12-13(9-23)20-15(22-16(12)24)11-5-3-2-4-6-11/h2-6,10H,7-9H2,1H3,(H,19,21)(H,20,22,24). The number of rotatable bonds is 3. The number of hydrogen-bond donors (Lipinski definition) is 2. The molecule has 8 heteroatoms. The monoisotopic (exact) mass is 367 g/mol. The van der Waals surface area contributed by atoms with Gasteiger partial charge in [-0.3, -0.25) is 9.59 Å². The van der Waals surface area contributed by atoms with E-state index in [1.165, 1.54) is 11.3 Å². The van der Waals surface area contributed by atoms with Crippen LogP contribution in [0.4, 0.5) is 5.13 Å². The van der Waals surface area contributed by atoms with Crippen LogP contribution in [-0.2, 0) is 13.0 Å². The van der Waals surface area contributed by atoms with Gasteiger partial charge in [-0.25, -0.2) is 9.97 Å². The highest BCUT2D eigenvalue weighted by molar-refractivity contribution is 7.13. The first-order valence-corrected chi connectivity index (χ1v) is 9.13. The molecular weight excluding hydrogens is 350 g/mol. The van der Waals surface area contributed by atoms with Gasteiger partial charge in [0.1, 0.15) is 11.5 Å². The molecule has 1 aliphatic heterocycles. The molecule has 0 unspecified atom stereocenters. The van der Waals surface area contributed by atoms with Gasteiger partial charge in [0.25, 0.3) is 11.5 Å². The topological polar surface area (TPSA) is 91.0 Å². The van der Waals surface area contributed by atoms with Crippen LogP contribution in [0.15, 0.2) is 40.5 Å². The Morgan fingerprint density at radius 1 is 1.27 bits per heavy atom. The van der Waals surface area contributed by atoms with Crippen molar-refractivity contribution in [3.8, 4) is 11.4 Å². The lowest BCUT2D eigenvalue weighted by atomic mass is 10.1. The first-order chi connectivity index (χ1) is 12.7. The smallest absolute Gasteiger partial charge is 0.273 e. The van der Waals surface area contributed by atoms with Crippen LogP contribution in [0.5, 0.6) is 0 Å². The molecule has 0 aliphatic carbocycles. The van der Waals surface area contributed by atoms with Gasteiger partial charge in [0, 0.05) is 30.1 Å². The minimum absolute atomic E-state index is 0.132. The Balaban J connectivity index is 1.64. The van der Waals surface area contributed by atoms with Crippen molar-refractivity contribution in [2.45, 2.75) is 13.0 Å².